The van der Waals surface area contributed by atoms with E-state index in [0.29, 0.717) is 0 Å². The fraction of sp³-hybridized carbons (Fsp3) is 0.857. The molecular formula is C7H12CaO6. The summed E-state index contributed by atoms with van der Waals surface area (Å²) in [6, 6.07) is 0. The molecule has 0 saturated heterocycles. The van der Waals surface area contributed by atoms with Crippen molar-refractivity contribution < 1.29 is 30.3 Å². The summed E-state index contributed by atoms with van der Waals surface area (Å²) >= 11 is 0. The second kappa shape index (κ2) is 5.07. The first-order valence-electron chi connectivity index (χ1n) is 3.87. The molecule has 0 aliphatic heterocycles. The van der Waals surface area contributed by atoms with E-state index in [4.69, 9.17) is 20.4 Å². The van der Waals surface area contributed by atoms with Gasteiger partial charge in [0.05, 0.1) is 12.2 Å². The quantitative estimate of drug-likeness (QED) is 0.314. The van der Waals surface area contributed by atoms with Crippen LogP contribution in [-0.4, -0.2) is 93.2 Å². The van der Waals surface area contributed by atoms with Crippen LogP contribution in [0.25, 0.3) is 0 Å². The van der Waals surface area contributed by atoms with Gasteiger partial charge in [0.2, 0.25) is 0 Å². The van der Waals surface area contributed by atoms with Gasteiger partial charge < -0.3 is 25.5 Å². The molecule has 2 radical (unpaired) electrons. The van der Waals surface area contributed by atoms with Gasteiger partial charge in [-0.25, -0.2) is 4.79 Å². The van der Waals surface area contributed by atoms with Crippen molar-refractivity contribution in [3.63, 3.8) is 0 Å². The summed E-state index contributed by atoms with van der Waals surface area (Å²) in [4.78, 5) is 10.5. The molecule has 2 atom stereocenters. The average Bonchev–Trinajstić information content (AvgIpc) is 2.00. The van der Waals surface area contributed by atoms with Crippen molar-refractivity contribution in [2.24, 2.45) is 0 Å². The van der Waals surface area contributed by atoms with Crippen LogP contribution in [0.3, 0.4) is 0 Å². The molecule has 1 rings (SSSR count). The number of aliphatic hydroxyl groups excluding tert-OH is 3. The van der Waals surface area contributed by atoms with Crippen LogP contribution in [0.5, 0.6) is 0 Å². The van der Waals surface area contributed by atoms with Gasteiger partial charge in [-0.05, 0) is 0 Å². The maximum absolute atomic E-state index is 10.5. The minimum absolute atomic E-state index is 0. The second-order valence-electron chi connectivity index (χ2n) is 3.37. The summed E-state index contributed by atoms with van der Waals surface area (Å²) in [5.41, 5.74) is -2.14. The van der Waals surface area contributed by atoms with Crippen molar-refractivity contribution in [1.82, 2.24) is 0 Å². The Kier molecular flexibility index (Phi) is 5.27. The Morgan fingerprint density at radius 3 is 1.79 bits per heavy atom. The minimum Gasteiger partial charge on any atom is -0.479 e. The Morgan fingerprint density at radius 1 is 1.14 bits per heavy atom. The van der Waals surface area contributed by atoms with Crippen molar-refractivity contribution >= 4 is 43.7 Å². The van der Waals surface area contributed by atoms with Gasteiger partial charge in [0.15, 0.2) is 5.60 Å². The first-order valence-corrected chi connectivity index (χ1v) is 3.87. The van der Waals surface area contributed by atoms with Crippen molar-refractivity contribution in [3.05, 3.63) is 0 Å². The van der Waals surface area contributed by atoms with Crippen LogP contribution in [0, 0.1) is 0 Å². The van der Waals surface area contributed by atoms with Crippen molar-refractivity contribution in [2.75, 3.05) is 0 Å². The average molecular weight is 232 g/mol. The molecule has 1 fully saturated rings. The van der Waals surface area contributed by atoms with Crippen LogP contribution in [0.1, 0.15) is 12.8 Å². The number of hydrogen-bond donors (Lipinski definition) is 5. The first-order chi connectivity index (χ1) is 5.87. The van der Waals surface area contributed by atoms with E-state index in [0.717, 1.165) is 0 Å². The first kappa shape index (κ1) is 14.6. The van der Waals surface area contributed by atoms with Gasteiger partial charge >= 0.3 is 5.97 Å². The third kappa shape index (κ3) is 2.79. The molecule has 78 valence electrons. The summed E-state index contributed by atoms with van der Waals surface area (Å²) in [7, 11) is 0. The predicted molar refractivity (Wildman–Crippen MR) is 45.6 cm³/mol. The molecule has 14 heavy (non-hydrogen) atoms. The summed E-state index contributed by atoms with van der Waals surface area (Å²) < 4.78 is 0. The van der Waals surface area contributed by atoms with Gasteiger partial charge in [0.25, 0.3) is 0 Å². The summed E-state index contributed by atoms with van der Waals surface area (Å²) in [5.74, 6) is -1.50. The summed E-state index contributed by atoms with van der Waals surface area (Å²) in [6.45, 7) is 0. The largest absolute Gasteiger partial charge is 0.479 e. The maximum atomic E-state index is 10.5. The fourth-order valence-corrected chi connectivity index (χ4v) is 1.45. The molecule has 6 nitrogen and oxygen atoms in total. The van der Waals surface area contributed by atoms with E-state index in [-0.39, 0.29) is 37.7 Å². The van der Waals surface area contributed by atoms with Crippen LogP contribution in [0.15, 0.2) is 0 Å². The molecule has 0 spiro atoms. The van der Waals surface area contributed by atoms with Crippen LogP contribution in [0.2, 0.25) is 0 Å². The molecule has 0 aromatic rings. The maximum Gasteiger partial charge on any atom is 0.335 e. The summed E-state index contributed by atoms with van der Waals surface area (Å²) in [6.07, 6.45) is -5.16. The molecule has 1 saturated carbocycles. The molecule has 0 unspecified atom stereocenters. The van der Waals surface area contributed by atoms with Crippen LogP contribution in [0.4, 0.5) is 0 Å². The number of rotatable bonds is 1. The van der Waals surface area contributed by atoms with Gasteiger partial charge in [-0.3, -0.25) is 0 Å². The van der Waals surface area contributed by atoms with E-state index < -0.39 is 42.7 Å². The Labute approximate surface area is 110 Å². The fourth-order valence-electron chi connectivity index (χ4n) is 1.45. The molecule has 0 bridgehead atoms. The van der Waals surface area contributed by atoms with E-state index in [2.05, 4.69) is 0 Å². The van der Waals surface area contributed by atoms with E-state index >= 15 is 0 Å². The number of carbonyl (C=O) groups is 1. The molecule has 0 aromatic carbocycles. The second-order valence-corrected chi connectivity index (χ2v) is 3.37. The minimum atomic E-state index is -2.14. The van der Waals surface area contributed by atoms with Gasteiger partial charge in [-0.1, -0.05) is 0 Å². The van der Waals surface area contributed by atoms with Gasteiger partial charge in [0.1, 0.15) is 6.10 Å². The van der Waals surface area contributed by atoms with Crippen LogP contribution in [-0.2, 0) is 4.79 Å². The zero-order valence-corrected chi connectivity index (χ0v) is 9.71. The van der Waals surface area contributed by atoms with E-state index in [1.807, 2.05) is 0 Å². The number of aliphatic carboxylic acids is 1. The number of carboxylic acids is 1. The van der Waals surface area contributed by atoms with Crippen molar-refractivity contribution in [2.45, 2.75) is 36.8 Å². The van der Waals surface area contributed by atoms with Crippen molar-refractivity contribution in [1.29, 1.82) is 0 Å². The van der Waals surface area contributed by atoms with Gasteiger partial charge in [-0.2, -0.15) is 0 Å². The molecule has 0 amide bonds. The van der Waals surface area contributed by atoms with Crippen LogP contribution >= 0.6 is 0 Å². The molecule has 1 aliphatic rings. The molecule has 0 aromatic heterocycles. The van der Waals surface area contributed by atoms with E-state index in [1.54, 1.807) is 0 Å². The Bertz CT molecular complexity index is 208. The normalized spacial score (nSPS) is 42.7. The van der Waals surface area contributed by atoms with Gasteiger partial charge in [0, 0.05) is 50.6 Å². The molecule has 1 aliphatic carbocycles. The SMILES string of the molecule is O=C(O)C1(O)C[C@H](O)C(O)[C@@H](O)C1.[Ca]. The predicted octanol–water partition coefficient (Wildman–Crippen LogP) is -2.70. The summed E-state index contributed by atoms with van der Waals surface area (Å²) in [5, 5.41) is 45.2. The zero-order valence-electron chi connectivity index (χ0n) is 7.50. The Hall–Kier alpha value is 0.570. The topological polar surface area (TPSA) is 118 Å². The molecule has 5 N–H and O–H groups in total. The van der Waals surface area contributed by atoms with E-state index in [1.165, 1.54) is 0 Å². The van der Waals surface area contributed by atoms with Crippen molar-refractivity contribution in [3.8, 4) is 0 Å². The third-order valence-corrected chi connectivity index (χ3v) is 2.28. The Balaban J connectivity index is 0.00000169. The number of carboxylic acid groups (broad SMARTS) is 1. The zero-order chi connectivity index (χ0) is 10.2. The number of hydrogen-bond acceptors (Lipinski definition) is 5. The Morgan fingerprint density at radius 2 is 1.50 bits per heavy atom. The third-order valence-electron chi connectivity index (χ3n) is 2.28. The molecule has 7 heteroatoms. The molecular weight excluding hydrogens is 220 g/mol. The monoisotopic (exact) mass is 232 g/mol. The number of aliphatic hydroxyl groups is 4. The van der Waals surface area contributed by atoms with E-state index in [9.17, 15) is 9.90 Å². The smallest absolute Gasteiger partial charge is 0.335 e. The van der Waals surface area contributed by atoms with Crippen LogP contribution < -0.4 is 0 Å². The molecule has 0 heterocycles. The standard InChI is InChI=1S/C7H12O6.Ca/c8-3-1-7(13,6(11)12)2-4(9)5(3)10;/h3-5,8-10,13H,1-2H2,(H,11,12);/t3-,4-,5?,7?;/m0./s1. The van der Waals surface area contributed by atoms with Gasteiger partial charge in [-0.15, -0.1) is 0 Å².